The third-order valence-corrected chi connectivity index (χ3v) is 5.03. The Hall–Kier alpha value is -1.45. The summed E-state index contributed by atoms with van der Waals surface area (Å²) < 4.78 is 41.0. The number of piperidine rings is 1. The van der Waals surface area contributed by atoms with Crippen LogP contribution in [0.1, 0.15) is 24.8 Å². The number of fused-ring (bicyclic) bond motifs is 1. The summed E-state index contributed by atoms with van der Waals surface area (Å²) in [7, 11) is 0. The molecule has 25 heavy (non-hydrogen) atoms. The van der Waals surface area contributed by atoms with Crippen molar-refractivity contribution in [3.63, 3.8) is 0 Å². The van der Waals surface area contributed by atoms with Gasteiger partial charge >= 0.3 is 6.18 Å². The number of carbonyl (C=O) groups excluding carboxylic acids is 1. The molecule has 0 radical (unpaired) electrons. The third kappa shape index (κ3) is 3.88. The summed E-state index contributed by atoms with van der Waals surface area (Å²) in [5.74, 6) is -0.172. The van der Waals surface area contributed by atoms with Gasteiger partial charge in [-0.3, -0.25) is 4.79 Å². The predicted octanol–water partition coefficient (Wildman–Crippen LogP) is 2.89. The number of aromatic nitrogens is 2. The third-order valence-electron chi connectivity index (χ3n) is 4.37. The van der Waals surface area contributed by atoms with Crippen LogP contribution >= 0.6 is 15.9 Å². The minimum Gasteiger partial charge on any atom is -0.391 e. The van der Waals surface area contributed by atoms with E-state index in [1.165, 1.54) is 23.0 Å². The number of carbonyl (C=O) groups is 1. The van der Waals surface area contributed by atoms with Crippen molar-refractivity contribution in [3.8, 4) is 0 Å². The van der Waals surface area contributed by atoms with Crippen LogP contribution in [0.4, 0.5) is 13.2 Å². The second-order valence-corrected chi connectivity index (χ2v) is 7.03. The Morgan fingerprint density at radius 2 is 2.20 bits per heavy atom. The summed E-state index contributed by atoms with van der Waals surface area (Å²) in [6.45, 7) is 0.659. The highest BCUT2D eigenvalue weighted by atomic mass is 79.9. The smallest absolute Gasteiger partial charge is 0.391 e. The van der Waals surface area contributed by atoms with E-state index in [0.717, 1.165) is 13.0 Å². The summed E-state index contributed by atoms with van der Waals surface area (Å²) >= 11 is 2.91. The minimum absolute atomic E-state index is 0.0830. The summed E-state index contributed by atoms with van der Waals surface area (Å²) in [4.78, 5) is 16.1. The number of Topliss-reactive ketones (excluding diaryl/α,β-unsaturated/α-hetero) is 1. The fourth-order valence-electron chi connectivity index (χ4n) is 3.15. The van der Waals surface area contributed by atoms with Gasteiger partial charge in [0.1, 0.15) is 5.52 Å². The van der Waals surface area contributed by atoms with E-state index < -0.39 is 17.8 Å². The Morgan fingerprint density at radius 3 is 2.88 bits per heavy atom. The second kappa shape index (κ2) is 7.05. The van der Waals surface area contributed by atoms with Crippen LogP contribution in [0.15, 0.2) is 22.9 Å². The first-order valence-electron chi connectivity index (χ1n) is 7.91. The molecule has 2 N–H and O–H groups in total. The number of rotatable bonds is 4. The number of benzene rings is 1. The van der Waals surface area contributed by atoms with E-state index in [1.807, 2.05) is 0 Å². The molecule has 0 bridgehead atoms. The van der Waals surface area contributed by atoms with Crippen molar-refractivity contribution in [2.24, 2.45) is 0 Å². The average molecular weight is 420 g/mol. The molecule has 136 valence electrons. The van der Waals surface area contributed by atoms with E-state index in [-0.39, 0.29) is 40.3 Å². The van der Waals surface area contributed by atoms with Crippen molar-refractivity contribution < 1.29 is 23.1 Å². The average Bonchev–Trinajstić information content (AvgIpc) is 2.90. The maximum absolute atomic E-state index is 13.2. The lowest BCUT2D eigenvalue weighted by Gasteiger charge is -2.28. The van der Waals surface area contributed by atoms with Crippen LogP contribution < -0.4 is 5.32 Å². The SMILES string of the molecule is O=C(C[C@H]1NCCC[C@@H]1O)Cn1cnc2c(C(F)(F)F)c(Br)ccc21. The maximum Gasteiger partial charge on any atom is 0.419 e. The molecule has 2 heterocycles. The van der Waals surface area contributed by atoms with Gasteiger partial charge < -0.3 is 15.0 Å². The van der Waals surface area contributed by atoms with Gasteiger partial charge in [0.15, 0.2) is 5.78 Å². The number of hydrogen-bond acceptors (Lipinski definition) is 4. The van der Waals surface area contributed by atoms with Gasteiger partial charge in [-0.1, -0.05) is 15.9 Å². The number of alkyl halides is 3. The topological polar surface area (TPSA) is 67.2 Å². The van der Waals surface area contributed by atoms with E-state index in [1.54, 1.807) is 0 Å². The summed E-state index contributed by atoms with van der Waals surface area (Å²) in [6, 6.07) is 2.50. The van der Waals surface area contributed by atoms with Gasteiger partial charge in [0.25, 0.3) is 0 Å². The molecule has 0 amide bonds. The molecule has 1 fully saturated rings. The second-order valence-electron chi connectivity index (χ2n) is 6.17. The zero-order valence-electron chi connectivity index (χ0n) is 13.2. The van der Waals surface area contributed by atoms with E-state index in [2.05, 4.69) is 26.2 Å². The number of hydrogen-bond donors (Lipinski definition) is 2. The van der Waals surface area contributed by atoms with Crippen molar-refractivity contribution >= 4 is 32.7 Å². The Morgan fingerprint density at radius 1 is 1.44 bits per heavy atom. The molecule has 0 saturated carbocycles. The lowest BCUT2D eigenvalue weighted by atomic mass is 9.97. The first-order chi connectivity index (χ1) is 11.8. The first kappa shape index (κ1) is 18.3. The standard InChI is InChI=1S/C16H17BrF3N3O2/c17-10-3-4-12-15(14(10)16(18,19)20)22-8-23(12)7-9(24)6-11-13(25)2-1-5-21-11/h3-4,8,11,13,21,25H,1-2,5-7H2/t11-,13+/m1/s1. The summed E-state index contributed by atoms with van der Waals surface area (Å²) in [6.07, 6.45) is -2.25. The normalized spacial score (nSPS) is 21.6. The molecule has 1 saturated heterocycles. The molecule has 2 atom stereocenters. The van der Waals surface area contributed by atoms with Crippen LogP contribution in [0.25, 0.3) is 11.0 Å². The fourth-order valence-corrected chi connectivity index (χ4v) is 3.69. The molecule has 1 aliphatic heterocycles. The molecular formula is C16H17BrF3N3O2. The molecule has 0 spiro atoms. The zero-order chi connectivity index (χ0) is 18.2. The van der Waals surface area contributed by atoms with Gasteiger partial charge in [-0.2, -0.15) is 13.2 Å². The monoisotopic (exact) mass is 419 g/mol. The molecule has 9 heteroatoms. The van der Waals surface area contributed by atoms with Crippen molar-refractivity contribution in [2.45, 2.75) is 44.1 Å². The Balaban J connectivity index is 1.81. The molecule has 1 aliphatic rings. The molecular weight excluding hydrogens is 403 g/mol. The number of ketones is 1. The van der Waals surface area contributed by atoms with E-state index >= 15 is 0 Å². The van der Waals surface area contributed by atoms with Crippen molar-refractivity contribution in [1.29, 1.82) is 0 Å². The van der Waals surface area contributed by atoms with Crippen LogP contribution in [0.3, 0.4) is 0 Å². The lowest BCUT2D eigenvalue weighted by molar-refractivity contribution is -0.137. The van der Waals surface area contributed by atoms with Gasteiger partial charge in [0.2, 0.25) is 0 Å². The van der Waals surface area contributed by atoms with Crippen molar-refractivity contribution in [3.05, 3.63) is 28.5 Å². The Labute approximate surface area is 150 Å². The van der Waals surface area contributed by atoms with Crippen LogP contribution in [0.5, 0.6) is 0 Å². The number of aliphatic hydroxyl groups is 1. The van der Waals surface area contributed by atoms with Gasteiger partial charge in [0.05, 0.1) is 30.1 Å². The molecule has 1 aromatic heterocycles. The molecule has 5 nitrogen and oxygen atoms in total. The Bertz CT molecular complexity index is 791. The fraction of sp³-hybridized carbons (Fsp3) is 0.500. The van der Waals surface area contributed by atoms with Crippen LogP contribution in [-0.4, -0.2) is 39.1 Å². The number of imidazole rings is 1. The molecule has 0 unspecified atom stereocenters. The van der Waals surface area contributed by atoms with Crippen LogP contribution in [-0.2, 0) is 17.5 Å². The zero-order valence-corrected chi connectivity index (χ0v) is 14.8. The largest absolute Gasteiger partial charge is 0.419 e. The van der Waals surface area contributed by atoms with Crippen molar-refractivity contribution in [1.82, 2.24) is 14.9 Å². The highest BCUT2D eigenvalue weighted by molar-refractivity contribution is 9.10. The van der Waals surface area contributed by atoms with Crippen LogP contribution in [0.2, 0.25) is 0 Å². The highest BCUT2D eigenvalue weighted by Gasteiger charge is 2.36. The number of aliphatic hydroxyl groups excluding tert-OH is 1. The molecule has 3 rings (SSSR count). The number of nitrogens with one attached hydrogen (secondary N) is 1. The highest BCUT2D eigenvalue weighted by Crippen LogP contribution is 2.39. The molecule has 2 aromatic rings. The van der Waals surface area contributed by atoms with E-state index in [4.69, 9.17) is 0 Å². The van der Waals surface area contributed by atoms with Crippen molar-refractivity contribution in [2.75, 3.05) is 6.54 Å². The Kier molecular flexibility index (Phi) is 5.17. The predicted molar refractivity (Wildman–Crippen MR) is 89.1 cm³/mol. The lowest BCUT2D eigenvalue weighted by Crippen LogP contribution is -2.46. The maximum atomic E-state index is 13.2. The summed E-state index contributed by atoms with van der Waals surface area (Å²) in [5.41, 5.74) is -0.785. The van der Waals surface area contributed by atoms with Gasteiger partial charge in [-0.05, 0) is 31.5 Å². The molecule has 0 aliphatic carbocycles. The first-order valence-corrected chi connectivity index (χ1v) is 8.70. The van der Waals surface area contributed by atoms with E-state index in [0.29, 0.717) is 6.42 Å². The quantitative estimate of drug-likeness (QED) is 0.799. The van der Waals surface area contributed by atoms with Crippen LogP contribution in [0, 0.1) is 0 Å². The minimum atomic E-state index is -4.54. The van der Waals surface area contributed by atoms with E-state index in [9.17, 15) is 23.1 Å². The number of halogens is 4. The van der Waals surface area contributed by atoms with Gasteiger partial charge in [-0.15, -0.1) is 0 Å². The number of nitrogens with zero attached hydrogens (tertiary/aromatic N) is 2. The summed E-state index contributed by atoms with van der Waals surface area (Å²) in [5, 5.41) is 13.0. The molecule has 1 aromatic carbocycles. The van der Waals surface area contributed by atoms with Gasteiger partial charge in [0, 0.05) is 16.9 Å². The van der Waals surface area contributed by atoms with Gasteiger partial charge in [-0.25, -0.2) is 4.98 Å².